The van der Waals surface area contributed by atoms with Gasteiger partial charge < -0.3 is 10.2 Å². The molecule has 0 spiro atoms. The van der Waals surface area contributed by atoms with E-state index in [-0.39, 0.29) is 23.9 Å². The number of amides is 2. The number of rotatable bonds is 7. The molecule has 0 radical (unpaired) electrons. The molecule has 190 valence electrons. The highest BCUT2D eigenvalue weighted by Gasteiger charge is 2.41. The van der Waals surface area contributed by atoms with Crippen molar-refractivity contribution in [2.24, 2.45) is 0 Å². The molecule has 8 nitrogen and oxygen atoms in total. The van der Waals surface area contributed by atoms with E-state index < -0.39 is 0 Å². The molecule has 3 saturated heterocycles. The number of benzene rings is 1. The highest BCUT2D eigenvalue weighted by molar-refractivity contribution is 6.05. The fourth-order valence-electron chi connectivity index (χ4n) is 6.51. The minimum absolute atomic E-state index is 0.0452. The molecule has 1 unspecified atom stereocenters. The number of nitrogens with zero attached hydrogens (tertiary/aromatic N) is 5. The molecule has 2 aromatic rings. The average Bonchev–Trinajstić information content (AvgIpc) is 3.51. The van der Waals surface area contributed by atoms with E-state index in [1.54, 1.807) is 6.92 Å². The zero-order valence-electron chi connectivity index (χ0n) is 21.6. The maximum atomic E-state index is 13.3. The molecule has 2 bridgehead atoms. The van der Waals surface area contributed by atoms with Crippen LogP contribution in [0.4, 0.5) is 0 Å². The lowest BCUT2D eigenvalue weighted by Gasteiger charge is -2.39. The Balaban J connectivity index is 1.17. The van der Waals surface area contributed by atoms with E-state index in [2.05, 4.69) is 34.1 Å². The summed E-state index contributed by atoms with van der Waals surface area (Å²) in [5.74, 6) is 0.110. The van der Waals surface area contributed by atoms with Gasteiger partial charge in [-0.1, -0.05) is 18.2 Å². The maximum absolute atomic E-state index is 13.3. The van der Waals surface area contributed by atoms with Crippen molar-refractivity contribution in [1.29, 1.82) is 0 Å². The van der Waals surface area contributed by atoms with E-state index in [1.165, 1.54) is 12.8 Å². The molecule has 1 aromatic heterocycles. The number of piperidine rings is 1. The van der Waals surface area contributed by atoms with Crippen molar-refractivity contribution < 1.29 is 9.59 Å². The highest BCUT2D eigenvalue weighted by Crippen LogP contribution is 2.36. The quantitative estimate of drug-likeness (QED) is 0.660. The SMILES string of the molecule is CC(=O)N(C)C1CCN(CCN2[C@@H]3CC[C@H]2C[C@H](NC(=O)c2nn(C(C)C)c4ccccc24)C3)C1. The van der Waals surface area contributed by atoms with Crippen LogP contribution in [-0.4, -0.2) is 93.7 Å². The normalized spacial score (nSPS) is 27.1. The first-order chi connectivity index (χ1) is 16.8. The van der Waals surface area contributed by atoms with Crippen molar-refractivity contribution >= 4 is 22.7 Å². The number of nitrogens with one attached hydrogen (secondary N) is 1. The topological polar surface area (TPSA) is 73.7 Å². The van der Waals surface area contributed by atoms with E-state index in [1.807, 2.05) is 40.9 Å². The van der Waals surface area contributed by atoms with Gasteiger partial charge >= 0.3 is 0 Å². The van der Waals surface area contributed by atoms with Crippen molar-refractivity contribution in [3.8, 4) is 0 Å². The van der Waals surface area contributed by atoms with Crippen LogP contribution in [0, 0.1) is 0 Å². The van der Waals surface area contributed by atoms with Crippen LogP contribution in [0.15, 0.2) is 24.3 Å². The highest BCUT2D eigenvalue weighted by atomic mass is 16.2. The lowest BCUT2D eigenvalue weighted by molar-refractivity contribution is -0.129. The first-order valence-corrected chi connectivity index (χ1v) is 13.3. The second-order valence-corrected chi connectivity index (χ2v) is 11.0. The van der Waals surface area contributed by atoms with Gasteiger partial charge in [-0.3, -0.25) is 24.1 Å². The Morgan fingerprint density at radius 1 is 1.11 bits per heavy atom. The van der Waals surface area contributed by atoms with Crippen LogP contribution in [0.25, 0.3) is 10.9 Å². The predicted molar refractivity (Wildman–Crippen MR) is 137 cm³/mol. The number of fused-ring (bicyclic) bond motifs is 3. The molecule has 3 aliphatic rings. The van der Waals surface area contributed by atoms with Crippen LogP contribution in [0.2, 0.25) is 0 Å². The van der Waals surface area contributed by atoms with Gasteiger partial charge in [-0.05, 0) is 52.0 Å². The van der Waals surface area contributed by atoms with Gasteiger partial charge in [0.05, 0.1) is 5.52 Å². The average molecular weight is 481 g/mol. The van der Waals surface area contributed by atoms with Gasteiger partial charge in [0.15, 0.2) is 5.69 Å². The van der Waals surface area contributed by atoms with E-state index in [9.17, 15) is 9.59 Å². The van der Waals surface area contributed by atoms with Crippen LogP contribution in [0.3, 0.4) is 0 Å². The van der Waals surface area contributed by atoms with E-state index in [0.29, 0.717) is 23.8 Å². The largest absolute Gasteiger partial charge is 0.348 e. The van der Waals surface area contributed by atoms with Gasteiger partial charge in [0.2, 0.25) is 5.91 Å². The number of hydrogen-bond donors (Lipinski definition) is 1. The summed E-state index contributed by atoms with van der Waals surface area (Å²) >= 11 is 0. The van der Waals surface area contributed by atoms with Crippen molar-refractivity contribution in [2.45, 2.75) is 83.1 Å². The van der Waals surface area contributed by atoms with Crippen molar-refractivity contribution in [1.82, 2.24) is 29.8 Å². The Kier molecular flexibility index (Phi) is 6.86. The molecular weight excluding hydrogens is 440 g/mol. The summed E-state index contributed by atoms with van der Waals surface area (Å²) in [5, 5.41) is 8.96. The first-order valence-electron chi connectivity index (χ1n) is 13.3. The predicted octanol–water partition coefficient (Wildman–Crippen LogP) is 2.90. The maximum Gasteiger partial charge on any atom is 0.272 e. The van der Waals surface area contributed by atoms with Gasteiger partial charge in [-0.2, -0.15) is 5.10 Å². The van der Waals surface area contributed by atoms with Gasteiger partial charge in [-0.15, -0.1) is 0 Å². The molecule has 8 heteroatoms. The lowest BCUT2D eigenvalue weighted by atomic mass is 9.97. The van der Waals surface area contributed by atoms with E-state index >= 15 is 0 Å². The molecule has 2 amide bonds. The standard InChI is InChI=1S/C27H40N6O2/c1-18(2)33-25-8-6-5-7-24(25)26(29-33)27(35)28-20-15-21-9-10-22(16-20)32(21)14-13-31-12-11-23(17-31)30(4)19(3)34/h5-8,18,20-23H,9-17H2,1-4H3,(H,28,35)/t20-,21-,22+,23?. The summed E-state index contributed by atoms with van der Waals surface area (Å²) in [6, 6.07) is 9.86. The smallest absolute Gasteiger partial charge is 0.272 e. The Morgan fingerprint density at radius 3 is 2.51 bits per heavy atom. The van der Waals surface area contributed by atoms with Crippen LogP contribution in [-0.2, 0) is 4.79 Å². The summed E-state index contributed by atoms with van der Waals surface area (Å²) in [6.45, 7) is 10.0. The molecule has 3 fully saturated rings. The monoisotopic (exact) mass is 480 g/mol. The lowest BCUT2D eigenvalue weighted by Crippen LogP contribution is -2.52. The molecular formula is C27H40N6O2. The summed E-state index contributed by atoms with van der Waals surface area (Å²) in [6.07, 6.45) is 5.54. The number of carbonyl (C=O) groups is 2. The van der Waals surface area contributed by atoms with E-state index in [0.717, 1.165) is 56.3 Å². The molecule has 0 saturated carbocycles. The summed E-state index contributed by atoms with van der Waals surface area (Å²) in [7, 11) is 1.92. The molecule has 1 aromatic carbocycles. The molecule has 4 heterocycles. The molecule has 0 aliphatic carbocycles. The van der Waals surface area contributed by atoms with Crippen LogP contribution in [0.5, 0.6) is 0 Å². The molecule has 4 atom stereocenters. The molecule has 3 aliphatic heterocycles. The van der Waals surface area contributed by atoms with Crippen LogP contribution in [0.1, 0.15) is 69.4 Å². The van der Waals surface area contributed by atoms with Gasteiger partial charge in [0.1, 0.15) is 0 Å². The zero-order chi connectivity index (χ0) is 24.7. The molecule has 1 N–H and O–H groups in total. The van der Waals surface area contributed by atoms with Crippen molar-refractivity contribution in [2.75, 3.05) is 33.2 Å². The fourth-order valence-corrected chi connectivity index (χ4v) is 6.51. The minimum Gasteiger partial charge on any atom is -0.348 e. The fraction of sp³-hybridized carbons (Fsp3) is 0.667. The number of para-hydroxylation sites is 1. The Hall–Kier alpha value is -2.45. The van der Waals surface area contributed by atoms with Crippen molar-refractivity contribution in [3.63, 3.8) is 0 Å². The minimum atomic E-state index is -0.0452. The third kappa shape index (κ3) is 4.83. The molecule has 35 heavy (non-hydrogen) atoms. The Morgan fingerprint density at radius 2 is 1.83 bits per heavy atom. The second kappa shape index (κ2) is 9.90. The number of likely N-dealkylation sites (tertiary alicyclic amines) is 1. The number of carbonyl (C=O) groups excluding carboxylic acids is 2. The van der Waals surface area contributed by atoms with E-state index in [4.69, 9.17) is 0 Å². The molecule has 5 rings (SSSR count). The summed E-state index contributed by atoms with van der Waals surface area (Å²) in [5.41, 5.74) is 1.56. The van der Waals surface area contributed by atoms with Crippen molar-refractivity contribution in [3.05, 3.63) is 30.0 Å². The van der Waals surface area contributed by atoms with Gasteiger partial charge in [0, 0.05) is 75.7 Å². The zero-order valence-corrected chi connectivity index (χ0v) is 21.6. The summed E-state index contributed by atoms with van der Waals surface area (Å²) < 4.78 is 1.95. The Labute approximate surface area is 208 Å². The van der Waals surface area contributed by atoms with Gasteiger partial charge in [-0.25, -0.2) is 0 Å². The Bertz CT molecular complexity index is 1070. The second-order valence-electron chi connectivity index (χ2n) is 11.0. The first kappa shape index (κ1) is 24.3. The summed E-state index contributed by atoms with van der Waals surface area (Å²) in [4.78, 5) is 32.1. The van der Waals surface area contributed by atoms with Gasteiger partial charge in [0.25, 0.3) is 5.91 Å². The van der Waals surface area contributed by atoms with Crippen LogP contribution < -0.4 is 5.32 Å². The number of likely N-dealkylation sites (N-methyl/N-ethyl adjacent to an activating group) is 1. The third-order valence-corrected chi connectivity index (χ3v) is 8.50. The van der Waals surface area contributed by atoms with Crippen LogP contribution >= 0.6 is 0 Å². The number of aromatic nitrogens is 2. The number of hydrogen-bond acceptors (Lipinski definition) is 5. The third-order valence-electron chi connectivity index (χ3n) is 8.50.